The Hall–Kier alpha value is -3.08. The molecule has 0 aliphatic rings. The lowest BCUT2D eigenvalue weighted by Gasteiger charge is -2.05. The Labute approximate surface area is 177 Å². The molecule has 0 amide bonds. The highest BCUT2D eigenvalue weighted by Gasteiger charge is 2.13. The van der Waals surface area contributed by atoms with Crippen LogP contribution in [0.3, 0.4) is 0 Å². The quantitative estimate of drug-likeness (QED) is 0.384. The van der Waals surface area contributed by atoms with Crippen molar-refractivity contribution in [3.8, 4) is 11.3 Å². The molecule has 0 bridgehead atoms. The number of fused-ring (bicyclic) bond motifs is 1. The average molecular weight is 424 g/mol. The Morgan fingerprint density at radius 3 is 2.52 bits per heavy atom. The molecular formula is C23H15Cl2NO3. The highest BCUT2D eigenvalue weighted by atomic mass is 35.5. The van der Waals surface area contributed by atoms with E-state index in [0.29, 0.717) is 43.7 Å². The summed E-state index contributed by atoms with van der Waals surface area (Å²) in [4.78, 5) is 16.2. The standard InChI is InChI=1S/C23H15Cl2NO3/c1-13-5-9-20-16(11-13)17(23(27)28)12-14(26-20)6-7-15-8-10-21(29-15)22-18(24)3-2-4-19(22)25/h2-12H,1H3,(H,27,28)/b7-6+. The zero-order valence-electron chi connectivity index (χ0n) is 15.3. The summed E-state index contributed by atoms with van der Waals surface area (Å²) in [5.74, 6) is 0.124. The van der Waals surface area contributed by atoms with Gasteiger partial charge in [0, 0.05) is 5.39 Å². The lowest BCUT2D eigenvalue weighted by molar-refractivity contribution is 0.0699. The van der Waals surface area contributed by atoms with Gasteiger partial charge in [0.15, 0.2) is 0 Å². The molecule has 6 heteroatoms. The predicted molar refractivity (Wildman–Crippen MR) is 117 cm³/mol. The summed E-state index contributed by atoms with van der Waals surface area (Å²) in [6, 6.07) is 15.9. The number of carboxylic acids is 1. The fraction of sp³-hybridized carbons (Fsp3) is 0.0435. The van der Waals surface area contributed by atoms with E-state index in [9.17, 15) is 9.90 Å². The number of aromatic nitrogens is 1. The number of carbonyl (C=O) groups is 1. The van der Waals surface area contributed by atoms with Crippen molar-refractivity contribution in [3.63, 3.8) is 0 Å². The first-order valence-electron chi connectivity index (χ1n) is 8.79. The molecule has 0 fully saturated rings. The summed E-state index contributed by atoms with van der Waals surface area (Å²) in [6.45, 7) is 1.92. The van der Waals surface area contributed by atoms with Gasteiger partial charge in [-0.15, -0.1) is 0 Å². The van der Waals surface area contributed by atoms with Crippen molar-refractivity contribution >= 4 is 52.2 Å². The normalized spacial score (nSPS) is 11.4. The van der Waals surface area contributed by atoms with Crippen LogP contribution in [0.4, 0.5) is 0 Å². The van der Waals surface area contributed by atoms with E-state index in [1.165, 1.54) is 0 Å². The van der Waals surface area contributed by atoms with Crippen molar-refractivity contribution in [1.82, 2.24) is 4.98 Å². The maximum atomic E-state index is 11.7. The Morgan fingerprint density at radius 1 is 1.03 bits per heavy atom. The molecule has 0 saturated carbocycles. The van der Waals surface area contributed by atoms with Crippen LogP contribution in [0.5, 0.6) is 0 Å². The Kier molecular flexibility index (Phi) is 5.14. The molecule has 0 spiro atoms. The molecule has 0 aliphatic carbocycles. The third kappa shape index (κ3) is 3.90. The van der Waals surface area contributed by atoms with Gasteiger partial charge in [0.05, 0.1) is 32.4 Å². The summed E-state index contributed by atoms with van der Waals surface area (Å²) in [5, 5.41) is 11.2. The minimum absolute atomic E-state index is 0.210. The van der Waals surface area contributed by atoms with Gasteiger partial charge in [0.2, 0.25) is 0 Å². The van der Waals surface area contributed by atoms with Gasteiger partial charge in [-0.05, 0) is 61.5 Å². The molecule has 1 N–H and O–H groups in total. The minimum Gasteiger partial charge on any atom is -0.478 e. The van der Waals surface area contributed by atoms with Crippen molar-refractivity contribution in [2.45, 2.75) is 6.92 Å². The lowest BCUT2D eigenvalue weighted by atomic mass is 10.1. The van der Waals surface area contributed by atoms with E-state index in [2.05, 4.69) is 4.98 Å². The van der Waals surface area contributed by atoms with Crippen molar-refractivity contribution in [3.05, 3.63) is 87.2 Å². The maximum absolute atomic E-state index is 11.7. The molecule has 4 aromatic rings. The number of halogens is 2. The first-order chi connectivity index (χ1) is 13.9. The van der Waals surface area contributed by atoms with E-state index in [1.807, 2.05) is 25.1 Å². The molecule has 0 atom stereocenters. The SMILES string of the molecule is Cc1ccc2nc(/C=C/c3ccc(-c4c(Cl)cccc4Cl)o3)cc(C(=O)O)c2c1. The first kappa shape index (κ1) is 19.2. The molecule has 0 radical (unpaired) electrons. The van der Waals surface area contributed by atoms with Gasteiger partial charge in [-0.1, -0.05) is 40.9 Å². The number of hydrogen-bond donors (Lipinski definition) is 1. The number of nitrogens with zero attached hydrogens (tertiary/aromatic N) is 1. The van der Waals surface area contributed by atoms with Crippen LogP contribution in [0.1, 0.15) is 27.4 Å². The first-order valence-corrected chi connectivity index (χ1v) is 9.55. The van der Waals surface area contributed by atoms with Crippen LogP contribution in [-0.2, 0) is 0 Å². The molecule has 4 rings (SSSR count). The van der Waals surface area contributed by atoms with Gasteiger partial charge in [-0.25, -0.2) is 9.78 Å². The van der Waals surface area contributed by atoms with Gasteiger partial charge in [0.25, 0.3) is 0 Å². The molecule has 0 unspecified atom stereocenters. The summed E-state index contributed by atoms with van der Waals surface area (Å²) in [7, 11) is 0. The maximum Gasteiger partial charge on any atom is 0.336 e. The fourth-order valence-electron chi connectivity index (χ4n) is 3.10. The van der Waals surface area contributed by atoms with E-state index in [1.54, 1.807) is 48.6 Å². The Bertz CT molecular complexity index is 1250. The number of pyridine rings is 1. The number of aromatic carboxylic acids is 1. The Balaban J connectivity index is 1.70. The molecule has 29 heavy (non-hydrogen) atoms. The Morgan fingerprint density at radius 2 is 1.79 bits per heavy atom. The van der Waals surface area contributed by atoms with E-state index in [0.717, 1.165) is 5.56 Å². The zero-order valence-corrected chi connectivity index (χ0v) is 16.8. The highest BCUT2D eigenvalue weighted by molar-refractivity contribution is 6.39. The van der Waals surface area contributed by atoms with Crippen LogP contribution in [0.2, 0.25) is 10.0 Å². The number of benzene rings is 2. The smallest absolute Gasteiger partial charge is 0.336 e. The van der Waals surface area contributed by atoms with E-state index in [-0.39, 0.29) is 5.56 Å². The zero-order chi connectivity index (χ0) is 20.5. The molecule has 144 valence electrons. The van der Waals surface area contributed by atoms with Crippen molar-refractivity contribution < 1.29 is 14.3 Å². The average Bonchev–Trinajstić information content (AvgIpc) is 3.14. The van der Waals surface area contributed by atoms with Gasteiger partial charge < -0.3 is 9.52 Å². The van der Waals surface area contributed by atoms with Crippen LogP contribution in [0, 0.1) is 6.92 Å². The molecule has 0 aliphatic heterocycles. The fourth-order valence-corrected chi connectivity index (χ4v) is 3.68. The minimum atomic E-state index is -0.994. The number of carboxylic acid groups (broad SMARTS) is 1. The molecular weight excluding hydrogens is 409 g/mol. The summed E-state index contributed by atoms with van der Waals surface area (Å²) in [5.41, 5.74) is 2.96. The second-order valence-corrected chi connectivity index (χ2v) is 7.37. The van der Waals surface area contributed by atoms with Crippen LogP contribution >= 0.6 is 23.2 Å². The second kappa shape index (κ2) is 7.74. The third-order valence-electron chi connectivity index (χ3n) is 4.47. The molecule has 4 nitrogen and oxygen atoms in total. The summed E-state index contributed by atoms with van der Waals surface area (Å²) >= 11 is 12.5. The monoisotopic (exact) mass is 423 g/mol. The number of furan rings is 1. The van der Waals surface area contributed by atoms with E-state index >= 15 is 0 Å². The van der Waals surface area contributed by atoms with Crippen molar-refractivity contribution in [1.29, 1.82) is 0 Å². The van der Waals surface area contributed by atoms with E-state index in [4.69, 9.17) is 27.6 Å². The largest absolute Gasteiger partial charge is 0.478 e. The molecule has 2 aromatic carbocycles. The summed E-state index contributed by atoms with van der Waals surface area (Å²) in [6.07, 6.45) is 3.44. The predicted octanol–water partition coefficient (Wildman–Crippen LogP) is 6.98. The van der Waals surface area contributed by atoms with Crippen LogP contribution in [-0.4, -0.2) is 16.1 Å². The molecule has 0 saturated heterocycles. The number of rotatable bonds is 4. The van der Waals surface area contributed by atoms with Crippen LogP contribution < -0.4 is 0 Å². The molecule has 2 aromatic heterocycles. The van der Waals surface area contributed by atoms with Gasteiger partial charge in [-0.2, -0.15) is 0 Å². The van der Waals surface area contributed by atoms with Gasteiger partial charge in [-0.3, -0.25) is 0 Å². The lowest BCUT2D eigenvalue weighted by Crippen LogP contribution is -2.00. The topological polar surface area (TPSA) is 63.3 Å². The molecule has 2 heterocycles. The van der Waals surface area contributed by atoms with Crippen molar-refractivity contribution in [2.75, 3.05) is 0 Å². The van der Waals surface area contributed by atoms with Gasteiger partial charge >= 0.3 is 5.97 Å². The van der Waals surface area contributed by atoms with E-state index < -0.39 is 5.97 Å². The number of hydrogen-bond acceptors (Lipinski definition) is 3. The van der Waals surface area contributed by atoms with Crippen LogP contribution in [0.15, 0.2) is 59.0 Å². The van der Waals surface area contributed by atoms with Gasteiger partial charge in [0.1, 0.15) is 11.5 Å². The highest BCUT2D eigenvalue weighted by Crippen LogP contribution is 2.35. The third-order valence-corrected chi connectivity index (χ3v) is 5.10. The number of aryl methyl sites for hydroxylation is 1. The second-order valence-electron chi connectivity index (χ2n) is 6.55. The van der Waals surface area contributed by atoms with Crippen LogP contribution in [0.25, 0.3) is 34.4 Å². The summed E-state index contributed by atoms with van der Waals surface area (Å²) < 4.78 is 5.83. The van der Waals surface area contributed by atoms with Crippen molar-refractivity contribution in [2.24, 2.45) is 0 Å².